The molecule has 8 rings (SSSR count). The van der Waals surface area contributed by atoms with Gasteiger partial charge in [-0.1, -0.05) is 12.1 Å². The Morgan fingerprint density at radius 3 is 1.77 bits per heavy atom. The van der Waals surface area contributed by atoms with Gasteiger partial charge in [0, 0.05) is 35.4 Å². The third kappa shape index (κ3) is 12.8. The van der Waals surface area contributed by atoms with Crippen LogP contribution in [-0.2, 0) is 52.2 Å². The number of phenolic OH excluding ortho intramolecular Hbond substituents is 4. The number of aromatic hydroxyl groups is 4. The van der Waals surface area contributed by atoms with E-state index in [4.69, 9.17) is 47.4 Å². The Bertz CT molecular complexity index is 2820. The highest BCUT2D eigenvalue weighted by Gasteiger charge is 2.53. The molecule has 14 N–H and O–H groups in total. The van der Waals surface area contributed by atoms with E-state index in [1.807, 2.05) is 0 Å². The van der Waals surface area contributed by atoms with Gasteiger partial charge in [-0.05, 0) is 77.9 Å². The molecule has 3 fully saturated rings. The zero-order chi connectivity index (χ0) is 56.1. The Labute approximate surface area is 441 Å². The Morgan fingerprint density at radius 2 is 1.15 bits per heavy atom. The molecule has 3 aromatic carbocycles. The first-order valence-electron chi connectivity index (χ1n) is 23.9. The highest BCUT2D eigenvalue weighted by Crippen LogP contribution is 2.41. The fourth-order valence-corrected chi connectivity index (χ4v) is 8.52. The number of hydrogen-bond acceptors (Lipinski definition) is 26. The third-order valence-electron chi connectivity index (χ3n) is 12.8. The van der Waals surface area contributed by atoms with Gasteiger partial charge in [-0.15, -0.1) is 0 Å². The lowest BCUT2D eigenvalue weighted by atomic mass is 9.96. The average molecular weight is 1100 g/mol. The van der Waals surface area contributed by atoms with Gasteiger partial charge in [0.25, 0.3) is 0 Å². The lowest BCUT2D eigenvalue weighted by molar-refractivity contribution is -0.363. The zero-order valence-corrected chi connectivity index (χ0v) is 40.8. The molecular weight excluding hydrogens is 1040 g/mol. The smallest absolute Gasteiger partial charge is 0.330 e. The summed E-state index contributed by atoms with van der Waals surface area (Å²) in [5.41, 5.74) is 0.907. The number of carbonyl (C=O) groups excluding carboxylic acids is 2. The van der Waals surface area contributed by atoms with Crippen LogP contribution in [0.3, 0.4) is 0 Å². The van der Waals surface area contributed by atoms with Gasteiger partial charge in [0.05, 0.1) is 13.7 Å². The number of methoxy groups -OCH3 is 1. The van der Waals surface area contributed by atoms with Crippen molar-refractivity contribution >= 4 is 29.8 Å². The van der Waals surface area contributed by atoms with E-state index in [1.54, 1.807) is 0 Å². The van der Waals surface area contributed by atoms with E-state index < -0.39 is 147 Å². The maximum Gasteiger partial charge on any atom is 0.330 e. The molecule has 5 aliphatic rings. The molecule has 0 spiro atoms. The molecule has 0 bridgehead atoms. The Morgan fingerprint density at radius 1 is 0.590 bits per heavy atom. The molecule has 4 heterocycles. The second-order valence-corrected chi connectivity index (χ2v) is 18.2. The maximum absolute atomic E-state index is 13.0. The fourth-order valence-electron chi connectivity index (χ4n) is 8.52. The van der Waals surface area contributed by atoms with Crippen molar-refractivity contribution in [3.63, 3.8) is 0 Å². The van der Waals surface area contributed by atoms with Gasteiger partial charge >= 0.3 is 11.9 Å². The summed E-state index contributed by atoms with van der Waals surface area (Å²) in [6, 6.07) is 13.3. The van der Waals surface area contributed by atoms with Crippen LogP contribution in [0.1, 0.15) is 16.7 Å². The van der Waals surface area contributed by atoms with Gasteiger partial charge in [-0.25, -0.2) is 9.59 Å². The van der Waals surface area contributed by atoms with E-state index in [9.17, 15) is 81.1 Å². The largest absolute Gasteiger partial charge is 0.508 e. The molecular formula is C52H56O26. The SMILES string of the molecule is COc1cc(C=CC(=O)OCC2OC(OC3C(OC4=C(c5ccc(O)cc5)OC5C=C(O)C=C(OC6OC(CO)C(O)C(O)C6O)C5=C4)OC(COC(=O)C=Cc4ccc(O)c(O)c4)C(O)C3O)C(O)C(O)C2O)ccc1O. The molecule has 0 aromatic heterocycles. The lowest BCUT2D eigenvalue weighted by Gasteiger charge is -2.46. The number of phenols is 4. The molecule has 16 unspecified atom stereocenters. The Balaban J connectivity index is 1.09. The van der Waals surface area contributed by atoms with Crippen LogP contribution in [0.15, 0.2) is 114 Å². The summed E-state index contributed by atoms with van der Waals surface area (Å²) in [5, 5.41) is 149. The van der Waals surface area contributed by atoms with E-state index in [0.717, 1.165) is 24.3 Å². The van der Waals surface area contributed by atoms with E-state index in [-0.39, 0.29) is 51.2 Å². The highest BCUT2D eigenvalue weighted by atomic mass is 16.8. The Kier molecular flexibility index (Phi) is 17.9. The van der Waals surface area contributed by atoms with Crippen LogP contribution in [0.5, 0.6) is 28.7 Å². The molecule has 26 heteroatoms. The van der Waals surface area contributed by atoms with Crippen molar-refractivity contribution in [2.24, 2.45) is 0 Å². The van der Waals surface area contributed by atoms with Gasteiger partial charge in [0.2, 0.25) is 12.6 Å². The second kappa shape index (κ2) is 24.6. The first-order chi connectivity index (χ1) is 37.2. The molecule has 3 aromatic rings. The summed E-state index contributed by atoms with van der Waals surface area (Å²) in [7, 11) is 1.33. The fraction of sp³-hybridized carbons (Fsp3) is 0.385. The third-order valence-corrected chi connectivity index (χ3v) is 12.8. The van der Waals surface area contributed by atoms with Crippen LogP contribution in [0.4, 0.5) is 0 Å². The Hall–Kier alpha value is -7.28. The molecule has 78 heavy (non-hydrogen) atoms. The number of rotatable bonds is 17. The summed E-state index contributed by atoms with van der Waals surface area (Å²) in [4.78, 5) is 25.8. The van der Waals surface area contributed by atoms with Crippen molar-refractivity contribution < 1.29 is 128 Å². The number of ether oxygens (including phenoxy) is 10. The molecule has 16 atom stereocenters. The molecule has 3 saturated heterocycles. The first kappa shape index (κ1) is 56.9. The van der Waals surface area contributed by atoms with Crippen molar-refractivity contribution in [3.8, 4) is 28.7 Å². The number of aliphatic hydroxyl groups is 10. The zero-order valence-electron chi connectivity index (χ0n) is 40.8. The number of allylic oxidation sites excluding steroid dienone is 2. The van der Waals surface area contributed by atoms with Gasteiger partial charge in [-0.3, -0.25) is 0 Å². The van der Waals surface area contributed by atoms with E-state index in [0.29, 0.717) is 5.56 Å². The summed E-state index contributed by atoms with van der Waals surface area (Å²) in [6.45, 7) is -2.35. The molecule has 26 nitrogen and oxygen atoms in total. The quantitative estimate of drug-likeness (QED) is 0.0430. The topological polar surface area (TPSA) is 410 Å². The van der Waals surface area contributed by atoms with Crippen LogP contribution in [0.25, 0.3) is 17.9 Å². The first-order valence-corrected chi connectivity index (χ1v) is 23.9. The van der Waals surface area contributed by atoms with Crippen molar-refractivity contribution in [1.82, 2.24) is 0 Å². The maximum atomic E-state index is 13.0. The lowest BCUT2D eigenvalue weighted by Crippen LogP contribution is -2.64. The van der Waals surface area contributed by atoms with Gasteiger partial charge in [-0.2, -0.15) is 0 Å². The normalized spacial score (nSPS) is 32.1. The van der Waals surface area contributed by atoms with Gasteiger partial charge in [0.15, 0.2) is 46.9 Å². The number of aliphatic hydroxyl groups excluding tert-OH is 10. The average Bonchev–Trinajstić information content (AvgIpc) is 3.48. The molecule has 420 valence electrons. The van der Waals surface area contributed by atoms with Crippen LogP contribution in [0.2, 0.25) is 0 Å². The minimum Gasteiger partial charge on any atom is -0.508 e. The summed E-state index contributed by atoms with van der Waals surface area (Å²) < 4.78 is 58.0. The monoisotopic (exact) mass is 1100 g/mol. The van der Waals surface area contributed by atoms with Crippen molar-refractivity contribution in [2.75, 3.05) is 26.9 Å². The molecule has 0 amide bonds. The van der Waals surface area contributed by atoms with Crippen LogP contribution in [0, 0.1) is 0 Å². The number of benzene rings is 3. The predicted octanol–water partition coefficient (Wildman–Crippen LogP) is -1.16. The molecule has 4 aliphatic heterocycles. The van der Waals surface area contributed by atoms with Gasteiger partial charge < -0.3 is 119 Å². The van der Waals surface area contributed by atoms with Crippen molar-refractivity contribution in [3.05, 3.63) is 131 Å². The van der Waals surface area contributed by atoms with Crippen LogP contribution >= 0.6 is 0 Å². The van der Waals surface area contributed by atoms with E-state index in [2.05, 4.69) is 0 Å². The molecule has 0 radical (unpaired) electrons. The predicted molar refractivity (Wildman–Crippen MR) is 259 cm³/mol. The van der Waals surface area contributed by atoms with Crippen molar-refractivity contribution in [2.45, 2.75) is 98.2 Å². The van der Waals surface area contributed by atoms with E-state index in [1.165, 1.54) is 86.0 Å². The minimum atomic E-state index is -2.13. The minimum absolute atomic E-state index is 0.00790. The summed E-state index contributed by atoms with van der Waals surface area (Å²) in [6.07, 6.45) is -21.5. The van der Waals surface area contributed by atoms with E-state index >= 15 is 0 Å². The molecule has 1 aliphatic carbocycles. The number of fused-ring (bicyclic) bond motifs is 1. The van der Waals surface area contributed by atoms with Crippen molar-refractivity contribution in [1.29, 1.82) is 0 Å². The molecule has 0 saturated carbocycles. The van der Waals surface area contributed by atoms with Crippen LogP contribution < -0.4 is 4.74 Å². The second-order valence-electron chi connectivity index (χ2n) is 18.2. The summed E-state index contributed by atoms with van der Waals surface area (Å²) >= 11 is 0. The highest BCUT2D eigenvalue weighted by molar-refractivity contribution is 5.87. The number of hydrogen-bond donors (Lipinski definition) is 14. The number of esters is 2. The van der Waals surface area contributed by atoms with Crippen LogP contribution in [-0.4, -0.2) is 209 Å². The summed E-state index contributed by atoms with van der Waals surface area (Å²) in [5.74, 6) is -4.27. The van der Waals surface area contributed by atoms with Gasteiger partial charge in [0.1, 0.15) is 104 Å². The number of carbonyl (C=O) groups is 2. The standard InChI is InChI=1S/C52H56O26/c1-69-33-15-23(3-11-29(33)57)5-13-39(60)70-20-36-41(62)44(65)47(68)51(76-36)78-49-45(66)42(63)37(21-71-38(59)12-4-22-2-10-28(56)30(58)14-22)77-52(49)74-34-18-27-31(72-48(34)24-6-8-25(54)9-7-24)16-26(55)17-32(27)73-50-46(67)43(64)40(61)35(19-53)75-50/h2-18,31,35-37,40-47,49-58,61-68H,19-21H2,1H3.